The van der Waals surface area contributed by atoms with Crippen LogP contribution in [0.4, 0.5) is 11.6 Å². The number of carbonyl (C=O) groups is 1. The van der Waals surface area contributed by atoms with E-state index in [0.717, 1.165) is 37.9 Å². The van der Waals surface area contributed by atoms with Gasteiger partial charge in [0.15, 0.2) is 5.82 Å². The molecule has 1 atom stereocenters. The highest BCUT2D eigenvalue weighted by Gasteiger charge is 2.34. The molecule has 8 nitrogen and oxygen atoms in total. The van der Waals surface area contributed by atoms with Gasteiger partial charge in [-0.1, -0.05) is 54.2 Å². The molecule has 2 aliphatic heterocycles. The number of hydrogen-bond donors (Lipinski definition) is 2. The van der Waals surface area contributed by atoms with Crippen molar-refractivity contribution in [3.63, 3.8) is 0 Å². The molecular formula is C29H28N6O2S. The minimum atomic E-state index is -0.587. The molecule has 0 bridgehead atoms. The molecule has 0 fully saturated rings. The summed E-state index contributed by atoms with van der Waals surface area (Å²) in [4.78, 5) is 40.3. The molecule has 6 rings (SSSR count). The normalized spacial score (nSPS) is 15.9. The maximum absolute atomic E-state index is 13.9. The fraction of sp³-hybridized carbons (Fsp3) is 0.241. The number of benzene rings is 2. The van der Waals surface area contributed by atoms with Crippen molar-refractivity contribution < 1.29 is 4.79 Å². The van der Waals surface area contributed by atoms with Crippen LogP contribution in [0, 0.1) is 6.92 Å². The van der Waals surface area contributed by atoms with Crippen molar-refractivity contribution in [3.05, 3.63) is 105 Å². The van der Waals surface area contributed by atoms with Gasteiger partial charge in [0.1, 0.15) is 11.9 Å². The molecule has 4 aromatic rings. The van der Waals surface area contributed by atoms with Crippen LogP contribution in [-0.4, -0.2) is 27.5 Å². The van der Waals surface area contributed by atoms with E-state index in [1.807, 2.05) is 49.2 Å². The Morgan fingerprint density at radius 1 is 1.11 bits per heavy atom. The van der Waals surface area contributed by atoms with Crippen LogP contribution in [0.5, 0.6) is 0 Å². The smallest absolute Gasteiger partial charge is 0.294 e. The Kier molecular flexibility index (Phi) is 6.15. The van der Waals surface area contributed by atoms with Crippen molar-refractivity contribution in [1.82, 2.24) is 19.9 Å². The van der Waals surface area contributed by atoms with E-state index in [-0.39, 0.29) is 17.5 Å². The van der Waals surface area contributed by atoms with Gasteiger partial charge in [0.25, 0.3) is 5.56 Å². The molecule has 1 amide bonds. The van der Waals surface area contributed by atoms with E-state index in [1.165, 1.54) is 0 Å². The molecule has 0 radical (unpaired) electrons. The third-order valence-electron chi connectivity index (χ3n) is 7.38. The van der Waals surface area contributed by atoms with Gasteiger partial charge in [0.05, 0.1) is 6.04 Å². The van der Waals surface area contributed by atoms with Crippen LogP contribution >= 0.6 is 11.8 Å². The highest BCUT2D eigenvalue weighted by Crippen LogP contribution is 2.47. The lowest BCUT2D eigenvalue weighted by Gasteiger charge is -2.35. The number of carbonyl (C=O) groups excluding carboxylic acids is 1. The van der Waals surface area contributed by atoms with Crippen LogP contribution < -0.4 is 21.5 Å². The molecule has 4 heterocycles. The van der Waals surface area contributed by atoms with Gasteiger partial charge in [-0.15, -0.1) is 0 Å². The van der Waals surface area contributed by atoms with E-state index < -0.39 is 6.04 Å². The molecule has 2 aromatic heterocycles. The van der Waals surface area contributed by atoms with Crippen molar-refractivity contribution in [2.45, 2.75) is 48.2 Å². The fourth-order valence-electron chi connectivity index (χ4n) is 5.44. The Hall–Kier alpha value is -4.11. The third-order valence-corrected chi connectivity index (χ3v) is 8.57. The van der Waals surface area contributed by atoms with Crippen LogP contribution in [-0.2, 0) is 17.8 Å². The molecule has 3 N–H and O–H groups in total. The fourth-order valence-corrected chi connectivity index (χ4v) is 6.57. The topological polar surface area (TPSA) is 106 Å². The molecule has 0 saturated carbocycles. The Morgan fingerprint density at radius 3 is 2.47 bits per heavy atom. The van der Waals surface area contributed by atoms with E-state index in [0.29, 0.717) is 31.0 Å². The van der Waals surface area contributed by atoms with Crippen LogP contribution in [0.15, 0.2) is 81.4 Å². The quantitative estimate of drug-likeness (QED) is 0.406. The summed E-state index contributed by atoms with van der Waals surface area (Å²) in [5.74, 6) is 0.583. The molecule has 0 saturated heterocycles. The van der Waals surface area contributed by atoms with Gasteiger partial charge >= 0.3 is 0 Å². The van der Waals surface area contributed by atoms with Crippen LogP contribution in [0.25, 0.3) is 0 Å². The SMILES string of the molecule is Cc1nc(N)ccc1CNC(=O)[C@@H]1CCc2cnc(N(C)C3c4ccccc4Sc4ccccc43)c(=O)n21. The van der Waals surface area contributed by atoms with Crippen molar-refractivity contribution in [1.29, 1.82) is 0 Å². The monoisotopic (exact) mass is 524 g/mol. The van der Waals surface area contributed by atoms with E-state index in [1.54, 1.807) is 28.6 Å². The number of nitrogens with zero attached hydrogens (tertiary/aromatic N) is 4. The highest BCUT2D eigenvalue weighted by atomic mass is 32.2. The van der Waals surface area contributed by atoms with Gasteiger partial charge in [0, 0.05) is 41.0 Å². The van der Waals surface area contributed by atoms with E-state index >= 15 is 0 Å². The van der Waals surface area contributed by atoms with Crippen LogP contribution in [0.3, 0.4) is 0 Å². The van der Waals surface area contributed by atoms with E-state index in [4.69, 9.17) is 5.73 Å². The van der Waals surface area contributed by atoms with E-state index in [2.05, 4.69) is 39.6 Å². The summed E-state index contributed by atoms with van der Waals surface area (Å²) in [6.07, 6.45) is 2.92. The number of pyridine rings is 1. The van der Waals surface area contributed by atoms with Gasteiger partial charge < -0.3 is 16.0 Å². The predicted molar refractivity (Wildman–Crippen MR) is 148 cm³/mol. The average molecular weight is 525 g/mol. The van der Waals surface area contributed by atoms with Gasteiger partial charge in [-0.3, -0.25) is 14.2 Å². The summed E-state index contributed by atoms with van der Waals surface area (Å²) in [7, 11) is 1.91. The highest BCUT2D eigenvalue weighted by molar-refractivity contribution is 7.99. The number of nitrogens with one attached hydrogen (secondary N) is 1. The maximum Gasteiger partial charge on any atom is 0.294 e. The van der Waals surface area contributed by atoms with Gasteiger partial charge in [-0.2, -0.15) is 0 Å². The molecule has 0 unspecified atom stereocenters. The number of hydrogen-bond acceptors (Lipinski definition) is 7. The predicted octanol–water partition coefficient (Wildman–Crippen LogP) is 4.02. The second-order valence-electron chi connectivity index (χ2n) is 9.69. The number of anilines is 2. The molecule has 192 valence electrons. The first-order chi connectivity index (χ1) is 18.4. The summed E-state index contributed by atoms with van der Waals surface area (Å²) in [5.41, 5.74) is 10.2. The number of aromatic nitrogens is 3. The summed E-state index contributed by atoms with van der Waals surface area (Å²) in [6, 6.07) is 19.4. The summed E-state index contributed by atoms with van der Waals surface area (Å²) < 4.78 is 1.62. The molecule has 0 aliphatic carbocycles. The molecule has 0 spiro atoms. The first kappa shape index (κ1) is 24.2. The second kappa shape index (κ2) is 9.64. The number of amides is 1. The zero-order valence-electron chi connectivity index (χ0n) is 21.2. The minimum Gasteiger partial charge on any atom is -0.384 e. The van der Waals surface area contributed by atoms with Gasteiger partial charge in [0.2, 0.25) is 5.91 Å². The largest absolute Gasteiger partial charge is 0.384 e. The zero-order chi connectivity index (χ0) is 26.4. The van der Waals surface area contributed by atoms with Gasteiger partial charge in [-0.05, 0) is 54.7 Å². The number of nitrogens with two attached hydrogens (primary N) is 1. The molecule has 2 aromatic carbocycles. The number of nitrogen functional groups attached to an aromatic ring is 1. The summed E-state index contributed by atoms with van der Waals surface area (Å²) >= 11 is 1.74. The number of aryl methyl sites for hydroxylation is 2. The molecule has 9 heteroatoms. The Morgan fingerprint density at radius 2 is 1.79 bits per heavy atom. The lowest BCUT2D eigenvalue weighted by atomic mass is 9.96. The molecular weight excluding hydrogens is 496 g/mol. The Labute approximate surface area is 224 Å². The Bertz CT molecular complexity index is 1570. The third kappa shape index (κ3) is 4.12. The van der Waals surface area contributed by atoms with Gasteiger partial charge in [-0.25, -0.2) is 9.97 Å². The van der Waals surface area contributed by atoms with E-state index in [9.17, 15) is 9.59 Å². The minimum absolute atomic E-state index is 0.169. The lowest BCUT2D eigenvalue weighted by molar-refractivity contribution is -0.124. The van der Waals surface area contributed by atoms with Crippen molar-refractivity contribution in [3.8, 4) is 0 Å². The van der Waals surface area contributed by atoms with Crippen LogP contribution in [0.1, 0.15) is 46.6 Å². The second-order valence-corrected chi connectivity index (χ2v) is 10.8. The van der Waals surface area contributed by atoms with Crippen molar-refractivity contribution >= 4 is 29.3 Å². The van der Waals surface area contributed by atoms with Crippen molar-refractivity contribution in [2.24, 2.45) is 0 Å². The zero-order valence-corrected chi connectivity index (χ0v) is 22.0. The standard InChI is InChI=1S/C29H28N6O2S/c1-17-18(11-14-25(30)33-17)15-32-28(36)22-13-12-19-16-31-27(29(37)35(19)22)34(2)26-20-7-3-5-9-23(20)38-24-10-6-4-8-21(24)26/h3-11,14,16,22,26H,12-13,15H2,1-2H3,(H2,30,33)(H,32,36)/t22-/m0/s1. The van der Waals surface area contributed by atoms with Crippen molar-refractivity contribution in [2.75, 3.05) is 17.7 Å². The first-order valence-corrected chi connectivity index (χ1v) is 13.4. The average Bonchev–Trinajstić information content (AvgIpc) is 3.36. The lowest BCUT2D eigenvalue weighted by Crippen LogP contribution is -2.39. The number of rotatable bonds is 5. The van der Waals surface area contributed by atoms with Crippen LogP contribution in [0.2, 0.25) is 0 Å². The Balaban J connectivity index is 1.32. The maximum atomic E-state index is 13.9. The number of fused-ring (bicyclic) bond motifs is 3. The molecule has 2 aliphatic rings. The first-order valence-electron chi connectivity index (χ1n) is 12.6. The summed E-state index contributed by atoms with van der Waals surface area (Å²) in [5, 5.41) is 2.99. The molecule has 38 heavy (non-hydrogen) atoms. The summed E-state index contributed by atoms with van der Waals surface area (Å²) in [6.45, 7) is 2.19.